The average molecular weight is 326 g/mol. The van der Waals surface area contributed by atoms with Crippen LogP contribution in [0.5, 0.6) is 0 Å². The van der Waals surface area contributed by atoms with Crippen LogP contribution >= 0.6 is 0 Å². The predicted molar refractivity (Wildman–Crippen MR) is 81.4 cm³/mol. The Balaban J connectivity index is 1.41. The van der Waals surface area contributed by atoms with Gasteiger partial charge in [-0.25, -0.2) is 9.97 Å². The van der Waals surface area contributed by atoms with Crippen LogP contribution in [0.25, 0.3) is 5.95 Å². The minimum Gasteiger partial charge on any atom is -0.337 e. The van der Waals surface area contributed by atoms with Crippen LogP contribution in [-0.4, -0.2) is 76.9 Å². The first kappa shape index (κ1) is 14.2. The number of hydrogen-bond acceptors (Lipinski definition) is 8. The van der Waals surface area contributed by atoms with Crippen molar-refractivity contribution in [2.75, 3.05) is 31.1 Å². The molecule has 3 aromatic rings. The molecule has 1 aliphatic rings. The molecule has 1 N–H and O–H groups in total. The number of anilines is 1. The van der Waals surface area contributed by atoms with E-state index < -0.39 is 0 Å². The molecular weight excluding hydrogens is 312 g/mol. The van der Waals surface area contributed by atoms with Gasteiger partial charge in [0.15, 0.2) is 0 Å². The van der Waals surface area contributed by atoms with Gasteiger partial charge in [-0.05, 0) is 6.07 Å². The van der Waals surface area contributed by atoms with Crippen LogP contribution in [0.3, 0.4) is 0 Å². The molecule has 0 aromatic carbocycles. The second-order valence-electron chi connectivity index (χ2n) is 5.18. The highest BCUT2D eigenvalue weighted by Crippen LogP contribution is 2.11. The molecule has 4 rings (SSSR count). The van der Waals surface area contributed by atoms with E-state index >= 15 is 0 Å². The summed E-state index contributed by atoms with van der Waals surface area (Å²) >= 11 is 0. The van der Waals surface area contributed by atoms with Gasteiger partial charge in [0.2, 0.25) is 11.8 Å². The van der Waals surface area contributed by atoms with Gasteiger partial charge in [0.25, 0.3) is 11.9 Å². The lowest BCUT2D eigenvalue weighted by molar-refractivity contribution is 0.0734. The predicted octanol–water partition coefficient (Wildman–Crippen LogP) is -0.862. The largest absolute Gasteiger partial charge is 0.337 e. The summed E-state index contributed by atoms with van der Waals surface area (Å²) in [5.41, 5.74) is 0. The van der Waals surface area contributed by atoms with Gasteiger partial charge >= 0.3 is 0 Å². The van der Waals surface area contributed by atoms with E-state index in [0.717, 1.165) is 0 Å². The van der Waals surface area contributed by atoms with Crippen LogP contribution in [-0.2, 0) is 0 Å². The molecule has 0 radical (unpaired) electrons. The van der Waals surface area contributed by atoms with Crippen molar-refractivity contribution in [3.63, 3.8) is 0 Å². The number of aromatic amines is 1. The Bertz CT molecular complexity index is 806. The summed E-state index contributed by atoms with van der Waals surface area (Å²) in [6, 6.07) is 1.78. The average Bonchev–Trinajstić information content (AvgIpc) is 3.33. The SMILES string of the molecule is O=C(c1nc(-n2cnnc2)n[nH]1)N1CCN(c2ncccn2)CC1. The molecule has 0 bridgehead atoms. The normalized spacial score (nSPS) is 14.8. The molecule has 0 saturated carbocycles. The fourth-order valence-electron chi connectivity index (χ4n) is 2.48. The van der Waals surface area contributed by atoms with Crippen LogP contribution in [0.15, 0.2) is 31.1 Å². The van der Waals surface area contributed by atoms with E-state index in [9.17, 15) is 4.79 Å². The lowest BCUT2D eigenvalue weighted by Crippen LogP contribution is -2.49. The van der Waals surface area contributed by atoms with E-state index in [2.05, 4.69) is 35.3 Å². The molecule has 11 heteroatoms. The monoisotopic (exact) mass is 326 g/mol. The van der Waals surface area contributed by atoms with E-state index in [1.165, 1.54) is 17.2 Å². The summed E-state index contributed by atoms with van der Waals surface area (Å²) in [4.78, 5) is 29.0. The van der Waals surface area contributed by atoms with Crippen LogP contribution in [0.2, 0.25) is 0 Å². The quantitative estimate of drug-likeness (QED) is 0.659. The first-order chi connectivity index (χ1) is 11.8. The van der Waals surface area contributed by atoms with Crippen molar-refractivity contribution < 1.29 is 4.79 Å². The zero-order chi connectivity index (χ0) is 16.4. The van der Waals surface area contributed by atoms with Crippen LogP contribution < -0.4 is 4.90 Å². The Morgan fingerprint density at radius 2 is 1.71 bits per heavy atom. The zero-order valence-corrected chi connectivity index (χ0v) is 12.6. The number of nitrogens with zero attached hydrogens (tertiary/aromatic N) is 9. The van der Waals surface area contributed by atoms with Gasteiger partial charge < -0.3 is 9.80 Å². The second-order valence-corrected chi connectivity index (χ2v) is 5.18. The Morgan fingerprint density at radius 3 is 2.42 bits per heavy atom. The highest BCUT2D eigenvalue weighted by atomic mass is 16.2. The number of carbonyl (C=O) groups is 1. The lowest BCUT2D eigenvalue weighted by Gasteiger charge is -2.34. The molecule has 122 valence electrons. The molecule has 4 heterocycles. The standard InChI is InChI=1S/C13H14N10O/c24-11(10-18-13(20-19-10)23-8-16-17-9-23)21-4-6-22(7-5-21)12-14-2-1-3-15-12/h1-3,8-9H,4-7H2,(H,18,19,20). The molecule has 0 atom stereocenters. The Kier molecular flexibility index (Phi) is 3.57. The highest BCUT2D eigenvalue weighted by Gasteiger charge is 2.25. The summed E-state index contributed by atoms with van der Waals surface area (Å²) in [5.74, 6) is 1.03. The topological polar surface area (TPSA) is 122 Å². The van der Waals surface area contributed by atoms with Crippen LogP contribution in [0.1, 0.15) is 10.6 Å². The van der Waals surface area contributed by atoms with Gasteiger partial charge in [0, 0.05) is 38.6 Å². The molecule has 1 fully saturated rings. The highest BCUT2D eigenvalue weighted by molar-refractivity contribution is 5.90. The summed E-state index contributed by atoms with van der Waals surface area (Å²) in [6.45, 7) is 2.48. The molecule has 0 unspecified atom stereocenters. The van der Waals surface area contributed by atoms with Crippen molar-refractivity contribution >= 4 is 11.9 Å². The minimum atomic E-state index is -0.185. The number of carbonyl (C=O) groups excluding carboxylic acids is 1. The van der Waals surface area contributed by atoms with Gasteiger partial charge in [0.05, 0.1) is 0 Å². The van der Waals surface area contributed by atoms with E-state index in [4.69, 9.17) is 0 Å². The first-order valence-electron chi connectivity index (χ1n) is 7.40. The number of rotatable bonds is 3. The minimum absolute atomic E-state index is 0.185. The maximum Gasteiger partial charge on any atom is 0.291 e. The third kappa shape index (κ3) is 2.66. The fraction of sp³-hybridized carbons (Fsp3) is 0.308. The van der Waals surface area contributed by atoms with Crippen molar-refractivity contribution in [2.45, 2.75) is 0 Å². The van der Waals surface area contributed by atoms with Crippen molar-refractivity contribution in [3.8, 4) is 5.95 Å². The smallest absolute Gasteiger partial charge is 0.291 e. The summed E-state index contributed by atoms with van der Waals surface area (Å²) in [6.07, 6.45) is 6.36. The number of piperazine rings is 1. The van der Waals surface area contributed by atoms with Crippen molar-refractivity contribution in [1.82, 2.24) is 44.8 Å². The number of amides is 1. The van der Waals surface area contributed by atoms with E-state index in [-0.39, 0.29) is 11.7 Å². The summed E-state index contributed by atoms with van der Waals surface area (Å²) < 4.78 is 1.53. The van der Waals surface area contributed by atoms with Crippen molar-refractivity contribution in [1.29, 1.82) is 0 Å². The van der Waals surface area contributed by atoms with Gasteiger partial charge in [-0.2, -0.15) is 4.98 Å². The molecule has 3 aromatic heterocycles. The maximum absolute atomic E-state index is 12.5. The third-order valence-electron chi connectivity index (χ3n) is 3.73. The first-order valence-corrected chi connectivity index (χ1v) is 7.40. The van der Waals surface area contributed by atoms with Crippen molar-refractivity contribution in [3.05, 3.63) is 36.9 Å². The van der Waals surface area contributed by atoms with Gasteiger partial charge in [-0.3, -0.25) is 14.5 Å². The van der Waals surface area contributed by atoms with Crippen LogP contribution in [0, 0.1) is 0 Å². The molecule has 0 spiro atoms. The van der Waals surface area contributed by atoms with Gasteiger partial charge in [0.1, 0.15) is 12.7 Å². The van der Waals surface area contributed by atoms with Gasteiger partial charge in [-0.1, -0.05) is 0 Å². The summed E-state index contributed by atoms with van der Waals surface area (Å²) in [5, 5.41) is 14.0. The van der Waals surface area contributed by atoms with Crippen LogP contribution in [0.4, 0.5) is 5.95 Å². The third-order valence-corrected chi connectivity index (χ3v) is 3.73. The lowest BCUT2D eigenvalue weighted by atomic mass is 10.3. The number of nitrogens with one attached hydrogen (secondary N) is 1. The Labute approximate surface area is 136 Å². The maximum atomic E-state index is 12.5. The Hall–Kier alpha value is -3.37. The molecular formula is C13H14N10O. The zero-order valence-electron chi connectivity index (χ0n) is 12.6. The molecule has 11 nitrogen and oxygen atoms in total. The van der Waals surface area contributed by atoms with Crippen molar-refractivity contribution in [2.24, 2.45) is 0 Å². The van der Waals surface area contributed by atoms with E-state index in [1.54, 1.807) is 23.4 Å². The number of hydrogen-bond donors (Lipinski definition) is 1. The number of aromatic nitrogens is 8. The second kappa shape index (κ2) is 6.02. The molecule has 24 heavy (non-hydrogen) atoms. The molecule has 1 aliphatic heterocycles. The van der Waals surface area contributed by atoms with E-state index in [1.807, 2.05) is 4.90 Å². The van der Waals surface area contributed by atoms with Gasteiger partial charge in [-0.15, -0.1) is 15.3 Å². The fourth-order valence-corrected chi connectivity index (χ4v) is 2.48. The molecule has 1 amide bonds. The van der Waals surface area contributed by atoms with E-state index in [0.29, 0.717) is 38.1 Å². The molecule has 0 aliphatic carbocycles. The molecule has 1 saturated heterocycles. The summed E-state index contributed by atoms with van der Waals surface area (Å²) in [7, 11) is 0. The Morgan fingerprint density at radius 1 is 1.00 bits per heavy atom. The number of H-pyrrole nitrogens is 1.